The Kier molecular flexibility index (Phi) is 6.09. The zero-order valence-corrected chi connectivity index (χ0v) is 20.7. The van der Waals surface area contributed by atoms with Gasteiger partial charge in [0.1, 0.15) is 12.4 Å². The van der Waals surface area contributed by atoms with Gasteiger partial charge in [-0.3, -0.25) is 14.1 Å². The van der Waals surface area contributed by atoms with Crippen LogP contribution in [0.1, 0.15) is 18.9 Å². The van der Waals surface area contributed by atoms with E-state index in [4.69, 9.17) is 9.47 Å². The van der Waals surface area contributed by atoms with Crippen LogP contribution < -0.4 is 5.69 Å². The molecule has 0 bridgehead atoms. The van der Waals surface area contributed by atoms with Crippen molar-refractivity contribution < 1.29 is 13.9 Å². The third-order valence-corrected chi connectivity index (χ3v) is 7.95. The summed E-state index contributed by atoms with van der Waals surface area (Å²) in [5.74, 6) is -0.522. The van der Waals surface area contributed by atoms with Crippen LogP contribution in [-0.2, 0) is 16.2 Å². The standard InChI is InChI=1S/C23H29FN6O3Si/c1-34(2,3)11-10-33-15-28-19-12-18(24)21(17-13-26-29-7-6-25-14-20(17)29)27-22(19)30(23(28)31)16-4-8-32-9-5-16/h6-7,12-14,16H,4-5,8-11,15H2,1-3H3. The molecule has 0 atom stereocenters. The van der Waals surface area contributed by atoms with E-state index in [2.05, 4.69) is 34.7 Å². The highest BCUT2D eigenvalue weighted by atomic mass is 28.3. The van der Waals surface area contributed by atoms with Crippen molar-refractivity contribution in [2.24, 2.45) is 0 Å². The first-order valence-corrected chi connectivity index (χ1v) is 15.3. The highest BCUT2D eigenvalue weighted by Crippen LogP contribution is 2.30. The van der Waals surface area contributed by atoms with Crippen LogP contribution in [0.15, 0.2) is 35.6 Å². The smallest absolute Gasteiger partial charge is 0.332 e. The summed E-state index contributed by atoms with van der Waals surface area (Å²) < 4.78 is 31.6. The zero-order valence-electron chi connectivity index (χ0n) is 19.7. The van der Waals surface area contributed by atoms with Gasteiger partial charge in [0.25, 0.3) is 0 Å². The lowest BCUT2D eigenvalue weighted by atomic mass is 10.1. The molecule has 0 saturated carbocycles. The van der Waals surface area contributed by atoms with Gasteiger partial charge in [-0.2, -0.15) is 5.10 Å². The van der Waals surface area contributed by atoms with E-state index in [1.54, 1.807) is 33.9 Å². The minimum absolute atomic E-state index is 0.0663. The van der Waals surface area contributed by atoms with Gasteiger partial charge in [-0.05, 0) is 18.9 Å². The first kappa shape index (κ1) is 22.9. The van der Waals surface area contributed by atoms with E-state index in [1.807, 2.05) is 0 Å². The molecule has 5 heterocycles. The molecule has 0 spiro atoms. The maximum Gasteiger partial charge on any atom is 0.332 e. The van der Waals surface area contributed by atoms with Crippen LogP contribution in [0.4, 0.5) is 4.39 Å². The van der Waals surface area contributed by atoms with E-state index in [-0.39, 0.29) is 24.2 Å². The fourth-order valence-electron chi connectivity index (χ4n) is 4.31. The Morgan fingerprint density at radius 3 is 2.76 bits per heavy atom. The Morgan fingerprint density at radius 2 is 2.00 bits per heavy atom. The van der Waals surface area contributed by atoms with Crippen LogP contribution >= 0.6 is 0 Å². The molecular weight excluding hydrogens is 455 g/mol. The van der Waals surface area contributed by atoms with E-state index in [0.717, 1.165) is 6.04 Å². The molecule has 4 aromatic rings. The summed E-state index contributed by atoms with van der Waals surface area (Å²) in [5, 5.41) is 4.28. The van der Waals surface area contributed by atoms with Crippen LogP contribution in [0.3, 0.4) is 0 Å². The Bertz CT molecular complexity index is 1380. The van der Waals surface area contributed by atoms with Crippen molar-refractivity contribution in [3.63, 3.8) is 0 Å². The molecule has 0 radical (unpaired) electrons. The molecule has 1 aliphatic heterocycles. The van der Waals surface area contributed by atoms with E-state index in [1.165, 1.54) is 10.6 Å². The van der Waals surface area contributed by atoms with Crippen molar-refractivity contribution in [1.29, 1.82) is 0 Å². The van der Waals surface area contributed by atoms with Gasteiger partial charge in [0, 0.05) is 52.4 Å². The molecule has 1 aliphatic rings. The van der Waals surface area contributed by atoms with Crippen LogP contribution in [-0.4, -0.2) is 56.6 Å². The number of hydrogen-bond acceptors (Lipinski definition) is 6. The fraction of sp³-hybridized carbons (Fsp3) is 0.478. The summed E-state index contributed by atoms with van der Waals surface area (Å²) in [4.78, 5) is 22.3. The molecule has 34 heavy (non-hydrogen) atoms. The number of aromatic nitrogens is 6. The van der Waals surface area contributed by atoms with Crippen molar-refractivity contribution in [3.8, 4) is 11.3 Å². The van der Waals surface area contributed by atoms with Gasteiger partial charge < -0.3 is 9.47 Å². The molecule has 0 amide bonds. The van der Waals surface area contributed by atoms with Gasteiger partial charge in [-0.15, -0.1) is 0 Å². The number of hydrogen-bond donors (Lipinski definition) is 0. The first-order valence-electron chi connectivity index (χ1n) is 11.6. The topological polar surface area (TPSA) is 88.5 Å². The molecule has 1 saturated heterocycles. The molecule has 4 aromatic heterocycles. The molecule has 5 rings (SSSR count). The largest absolute Gasteiger partial charge is 0.381 e. The predicted octanol–water partition coefficient (Wildman–Crippen LogP) is 3.71. The van der Waals surface area contributed by atoms with Crippen molar-refractivity contribution in [2.45, 2.75) is 51.3 Å². The molecule has 1 fully saturated rings. The summed E-state index contributed by atoms with van der Waals surface area (Å²) in [6.45, 7) is 8.60. The first-order chi connectivity index (χ1) is 16.3. The van der Waals surface area contributed by atoms with Crippen molar-refractivity contribution in [1.82, 2.24) is 28.7 Å². The molecular formula is C23H29FN6O3Si. The Hall–Kier alpha value is -2.89. The number of pyridine rings is 1. The SMILES string of the molecule is C[Si](C)(C)CCOCn1c(=O)n(C2CCOCC2)c2nc(-c3cnn4ccncc34)c(F)cc21. The lowest BCUT2D eigenvalue weighted by molar-refractivity contribution is 0.0669. The highest BCUT2D eigenvalue weighted by Gasteiger charge is 2.26. The van der Waals surface area contributed by atoms with E-state index >= 15 is 4.39 Å². The number of ether oxygens (including phenoxy) is 2. The van der Waals surface area contributed by atoms with Crippen molar-refractivity contribution >= 4 is 24.8 Å². The quantitative estimate of drug-likeness (QED) is 0.294. The monoisotopic (exact) mass is 484 g/mol. The van der Waals surface area contributed by atoms with Crippen LogP contribution in [0, 0.1) is 5.82 Å². The van der Waals surface area contributed by atoms with E-state index < -0.39 is 13.9 Å². The van der Waals surface area contributed by atoms with Gasteiger partial charge in [-0.1, -0.05) is 19.6 Å². The molecule has 0 aliphatic carbocycles. The van der Waals surface area contributed by atoms with Crippen molar-refractivity contribution in [2.75, 3.05) is 19.8 Å². The molecule has 0 N–H and O–H groups in total. The number of imidazole rings is 1. The van der Waals surface area contributed by atoms with Gasteiger partial charge in [0.15, 0.2) is 11.5 Å². The number of nitrogens with zero attached hydrogens (tertiary/aromatic N) is 6. The zero-order chi connectivity index (χ0) is 23.9. The van der Waals surface area contributed by atoms with Crippen LogP contribution in [0.5, 0.6) is 0 Å². The fourth-order valence-corrected chi connectivity index (χ4v) is 5.06. The maximum absolute atomic E-state index is 15.4. The molecule has 0 aromatic carbocycles. The Morgan fingerprint density at radius 1 is 1.21 bits per heavy atom. The van der Waals surface area contributed by atoms with Gasteiger partial charge in [0.2, 0.25) is 0 Å². The van der Waals surface area contributed by atoms with Gasteiger partial charge >= 0.3 is 5.69 Å². The van der Waals surface area contributed by atoms with Crippen LogP contribution in [0.25, 0.3) is 27.9 Å². The Balaban J connectivity index is 1.61. The van der Waals surface area contributed by atoms with Gasteiger partial charge in [0.05, 0.1) is 29.0 Å². The summed E-state index contributed by atoms with van der Waals surface area (Å²) in [5.41, 5.74) is 1.96. The molecule has 9 nitrogen and oxygen atoms in total. The second kappa shape index (κ2) is 9.04. The number of halogens is 1. The molecule has 180 valence electrons. The number of fused-ring (bicyclic) bond motifs is 2. The predicted molar refractivity (Wildman–Crippen MR) is 129 cm³/mol. The lowest BCUT2D eigenvalue weighted by Crippen LogP contribution is -2.31. The van der Waals surface area contributed by atoms with Crippen LogP contribution in [0.2, 0.25) is 25.7 Å². The summed E-state index contributed by atoms with van der Waals surface area (Å²) in [7, 11) is -1.27. The normalized spacial score (nSPS) is 15.5. The molecule has 0 unspecified atom stereocenters. The van der Waals surface area contributed by atoms with E-state index in [0.29, 0.717) is 54.9 Å². The van der Waals surface area contributed by atoms with Crippen molar-refractivity contribution in [3.05, 3.63) is 47.2 Å². The average Bonchev–Trinajstić information content (AvgIpc) is 3.35. The lowest BCUT2D eigenvalue weighted by Gasteiger charge is -2.23. The van der Waals surface area contributed by atoms with E-state index in [9.17, 15) is 4.79 Å². The highest BCUT2D eigenvalue weighted by molar-refractivity contribution is 6.76. The maximum atomic E-state index is 15.4. The Labute approximate surface area is 197 Å². The minimum atomic E-state index is -1.27. The summed E-state index contributed by atoms with van der Waals surface area (Å²) in [6, 6.07) is 2.31. The minimum Gasteiger partial charge on any atom is -0.381 e. The second-order valence-electron chi connectivity index (χ2n) is 9.90. The summed E-state index contributed by atoms with van der Waals surface area (Å²) >= 11 is 0. The molecule has 11 heteroatoms. The second-order valence-corrected chi connectivity index (χ2v) is 15.5. The third kappa shape index (κ3) is 4.30. The third-order valence-electron chi connectivity index (χ3n) is 6.25. The average molecular weight is 485 g/mol. The number of rotatable bonds is 7. The summed E-state index contributed by atoms with van der Waals surface area (Å²) in [6.07, 6.45) is 7.90. The van der Waals surface area contributed by atoms with Gasteiger partial charge in [-0.25, -0.2) is 18.7 Å².